The van der Waals surface area contributed by atoms with E-state index in [2.05, 4.69) is 15.0 Å². The van der Waals surface area contributed by atoms with E-state index in [1.165, 1.54) is 18.5 Å². The molecule has 0 saturated heterocycles. The minimum Gasteiger partial charge on any atom is -0.388 e. The third kappa shape index (κ3) is 2.78. The van der Waals surface area contributed by atoms with E-state index >= 15 is 0 Å². The fourth-order valence-electron chi connectivity index (χ4n) is 1.43. The van der Waals surface area contributed by atoms with Crippen LogP contribution < -0.4 is 10.0 Å². The molecule has 2 rings (SSSR count). The number of benzene rings is 1. The molecule has 0 fully saturated rings. The molecular formula is C12H13N3O2S. The smallest absolute Gasteiger partial charge is 0.263 e. The average molecular weight is 263 g/mol. The first kappa shape index (κ1) is 12.4. The quantitative estimate of drug-likeness (QED) is 0.884. The van der Waals surface area contributed by atoms with Gasteiger partial charge in [-0.1, -0.05) is 0 Å². The summed E-state index contributed by atoms with van der Waals surface area (Å²) in [6.07, 6.45) is 2.84. The van der Waals surface area contributed by atoms with Crippen LogP contribution in [-0.2, 0) is 10.0 Å². The highest BCUT2D eigenvalue weighted by molar-refractivity contribution is 7.92. The van der Waals surface area contributed by atoms with Crippen LogP contribution in [0, 0.1) is 0 Å². The molecule has 0 bridgehead atoms. The van der Waals surface area contributed by atoms with Gasteiger partial charge < -0.3 is 5.32 Å². The van der Waals surface area contributed by atoms with Crippen LogP contribution in [0.25, 0.3) is 0 Å². The Balaban J connectivity index is 2.22. The van der Waals surface area contributed by atoms with Crippen LogP contribution in [0.15, 0.2) is 53.7 Å². The van der Waals surface area contributed by atoms with E-state index in [0.29, 0.717) is 5.69 Å². The fourth-order valence-corrected chi connectivity index (χ4v) is 2.45. The van der Waals surface area contributed by atoms with Crippen LogP contribution in [0.1, 0.15) is 0 Å². The van der Waals surface area contributed by atoms with Crippen LogP contribution in [0.2, 0.25) is 0 Å². The third-order valence-electron chi connectivity index (χ3n) is 2.37. The summed E-state index contributed by atoms with van der Waals surface area (Å²) in [6, 6.07) is 10.1. The lowest BCUT2D eigenvalue weighted by atomic mass is 10.3. The van der Waals surface area contributed by atoms with Gasteiger partial charge in [0.05, 0.1) is 0 Å². The predicted molar refractivity (Wildman–Crippen MR) is 71.0 cm³/mol. The van der Waals surface area contributed by atoms with Crippen LogP contribution in [0.4, 0.5) is 11.4 Å². The topological polar surface area (TPSA) is 71.1 Å². The van der Waals surface area contributed by atoms with Crippen molar-refractivity contribution in [3.8, 4) is 0 Å². The number of nitrogens with zero attached hydrogens (tertiary/aromatic N) is 1. The Morgan fingerprint density at radius 1 is 1.06 bits per heavy atom. The van der Waals surface area contributed by atoms with Crippen molar-refractivity contribution in [2.45, 2.75) is 4.90 Å². The van der Waals surface area contributed by atoms with Crippen molar-refractivity contribution >= 4 is 21.4 Å². The number of rotatable bonds is 4. The number of anilines is 2. The largest absolute Gasteiger partial charge is 0.388 e. The van der Waals surface area contributed by atoms with Gasteiger partial charge >= 0.3 is 0 Å². The zero-order chi connectivity index (χ0) is 13.0. The maximum absolute atomic E-state index is 12.0. The predicted octanol–water partition coefficient (Wildman–Crippen LogP) is 1.92. The van der Waals surface area contributed by atoms with E-state index in [1.807, 2.05) is 0 Å². The summed E-state index contributed by atoms with van der Waals surface area (Å²) in [7, 11) is -1.77. The average Bonchev–Trinajstić information content (AvgIpc) is 2.40. The van der Waals surface area contributed by atoms with Gasteiger partial charge in [-0.05, 0) is 36.4 Å². The summed E-state index contributed by atoms with van der Waals surface area (Å²) in [4.78, 5) is 3.93. The van der Waals surface area contributed by atoms with Gasteiger partial charge in [0.15, 0.2) is 0 Å². The molecule has 94 valence electrons. The Morgan fingerprint density at radius 2 is 1.72 bits per heavy atom. The zero-order valence-electron chi connectivity index (χ0n) is 9.79. The first-order valence-electron chi connectivity index (χ1n) is 5.32. The Bertz CT molecular complexity index is 610. The van der Waals surface area contributed by atoms with Crippen molar-refractivity contribution in [1.82, 2.24) is 4.98 Å². The van der Waals surface area contributed by atoms with E-state index in [1.54, 1.807) is 37.4 Å². The van der Waals surface area contributed by atoms with Crippen molar-refractivity contribution in [1.29, 1.82) is 0 Å². The van der Waals surface area contributed by atoms with Gasteiger partial charge in [-0.2, -0.15) is 0 Å². The molecule has 1 heterocycles. The van der Waals surface area contributed by atoms with Gasteiger partial charge in [0.2, 0.25) is 0 Å². The maximum Gasteiger partial charge on any atom is 0.263 e. The highest BCUT2D eigenvalue weighted by Gasteiger charge is 2.13. The minimum absolute atomic E-state index is 0.141. The van der Waals surface area contributed by atoms with Gasteiger partial charge in [0.25, 0.3) is 10.0 Å². The second-order valence-corrected chi connectivity index (χ2v) is 5.30. The molecule has 0 amide bonds. The first-order chi connectivity index (χ1) is 8.62. The number of hydrogen-bond acceptors (Lipinski definition) is 4. The lowest BCUT2D eigenvalue weighted by Gasteiger charge is -2.08. The molecule has 6 heteroatoms. The maximum atomic E-state index is 12.0. The third-order valence-corrected chi connectivity index (χ3v) is 3.74. The molecule has 0 spiro atoms. The lowest BCUT2D eigenvalue weighted by molar-refractivity contribution is 0.601. The Labute approximate surface area is 106 Å². The van der Waals surface area contributed by atoms with Gasteiger partial charge in [0.1, 0.15) is 4.90 Å². The van der Waals surface area contributed by atoms with Gasteiger partial charge in [0, 0.05) is 30.8 Å². The van der Waals surface area contributed by atoms with Crippen LogP contribution >= 0.6 is 0 Å². The van der Waals surface area contributed by atoms with E-state index in [-0.39, 0.29) is 4.90 Å². The zero-order valence-corrected chi connectivity index (χ0v) is 10.6. The number of nitrogens with one attached hydrogen (secondary N) is 2. The molecule has 1 aromatic heterocycles. The van der Waals surface area contributed by atoms with Gasteiger partial charge in [-0.3, -0.25) is 9.71 Å². The second kappa shape index (κ2) is 5.05. The molecule has 0 aliphatic carbocycles. The van der Waals surface area contributed by atoms with Crippen LogP contribution in [0.5, 0.6) is 0 Å². The van der Waals surface area contributed by atoms with E-state index in [4.69, 9.17) is 0 Å². The molecule has 0 aliphatic rings. The molecule has 2 aromatic rings. The Kier molecular flexibility index (Phi) is 3.47. The van der Waals surface area contributed by atoms with Crippen molar-refractivity contribution in [3.63, 3.8) is 0 Å². The molecule has 0 atom stereocenters. The monoisotopic (exact) mass is 263 g/mol. The van der Waals surface area contributed by atoms with Crippen molar-refractivity contribution in [2.24, 2.45) is 0 Å². The number of pyridine rings is 1. The molecule has 18 heavy (non-hydrogen) atoms. The number of sulfonamides is 1. The van der Waals surface area contributed by atoms with Crippen molar-refractivity contribution in [3.05, 3.63) is 48.8 Å². The Morgan fingerprint density at radius 3 is 2.28 bits per heavy atom. The normalized spacial score (nSPS) is 10.9. The van der Waals surface area contributed by atoms with Gasteiger partial charge in [-0.15, -0.1) is 0 Å². The van der Waals surface area contributed by atoms with E-state index in [9.17, 15) is 8.42 Å². The highest BCUT2D eigenvalue weighted by Crippen LogP contribution is 2.17. The molecule has 0 saturated carbocycles. The number of aromatic nitrogens is 1. The summed E-state index contributed by atoms with van der Waals surface area (Å²) in [5.41, 5.74) is 1.43. The van der Waals surface area contributed by atoms with E-state index in [0.717, 1.165) is 5.69 Å². The highest BCUT2D eigenvalue weighted by atomic mass is 32.2. The summed E-state index contributed by atoms with van der Waals surface area (Å²) in [5, 5.41) is 2.96. The van der Waals surface area contributed by atoms with Gasteiger partial charge in [-0.25, -0.2) is 8.42 Å². The van der Waals surface area contributed by atoms with Crippen molar-refractivity contribution in [2.75, 3.05) is 17.1 Å². The minimum atomic E-state index is -3.57. The van der Waals surface area contributed by atoms with Crippen LogP contribution in [-0.4, -0.2) is 20.4 Å². The Hall–Kier alpha value is -2.08. The molecule has 0 radical (unpaired) electrons. The van der Waals surface area contributed by atoms with E-state index < -0.39 is 10.0 Å². The molecule has 0 aliphatic heterocycles. The lowest BCUT2D eigenvalue weighted by Crippen LogP contribution is -2.12. The molecule has 0 unspecified atom stereocenters. The number of hydrogen-bond donors (Lipinski definition) is 2. The molecule has 1 aromatic carbocycles. The standard InChI is InChI=1S/C12H13N3O2S/c1-13-10-4-6-11(7-5-10)15-18(16,17)12-3-2-8-14-9-12/h2-9,13,15H,1H3. The summed E-state index contributed by atoms with van der Waals surface area (Å²) in [6.45, 7) is 0. The van der Waals surface area contributed by atoms with Crippen LogP contribution in [0.3, 0.4) is 0 Å². The molecular weight excluding hydrogens is 250 g/mol. The molecule has 5 nitrogen and oxygen atoms in total. The summed E-state index contributed by atoms with van der Waals surface area (Å²) >= 11 is 0. The summed E-state index contributed by atoms with van der Waals surface area (Å²) in [5.74, 6) is 0. The fraction of sp³-hybridized carbons (Fsp3) is 0.0833. The second-order valence-electron chi connectivity index (χ2n) is 3.62. The van der Waals surface area contributed by atoms with Crippen molar-refractivity contribution < 1.29 is 8.42 Å². The SMILES string of the molecule is CNc1ccc(NS(=O)(=O)c2cccnc2)cc1. The molecule has 2 N–H and O–H groups in total. The summed E-state index contributed by atoms with van der Waals surface area (Å²) < 4.78 is 26.5. The first-order valence-corrected chi connectivity index (χ1v) is 6.81.